The third kappa shape index (κ3) is 12.2. The number of amides is 2. The van der Waals surface area contributed by atoms with E-state index in [0.717, 1.165) is 24.1 Å². The molecule has 27 heavy (non-hydrogen) atoms. The second-order valence-corrected chi connectivity index (χ2v) is 7.24. The van der Waals surface area contributed by atoms with Crippen molar-refractivity contribution in [1.29, 1.82) is 0 Å². The van der Waals surface area contributed by atoms with Gasteiger partial charge in [0, 0.05) is 12.1 Å². The van der Waals surface area contributed by atoms with Crippen LogP contribution in [0.1, 0.15) is 89.5 Å². The van der Waals surface area contributed by atoms with Crippen molar-refractivity contribution < 1.29 is 14.8 Å². The zero-order valence-electron chi connectivity index (χ0n) is 16.8. The number of hydrogen-bond acceptors (Lipinski definition) is 3. The summed E-state index contributed by atoms with van der Waals surface area (Å²) in [7, 11) is 0. The molecule has 5 heteroatoms. The van der Waals surface area contributed by atoms with E-state index < -0.39 is 5.91 Å². The minimum Gasteiger partial charge on any atom is -0.326 e. The summed E-state index contributed by atoms with van der Waals surface area (Å²) in [5, 5.41) is 11.4. The molecule has 0 unspecified atom stereocenters. The van der Waals surface area contributed by atoms with Gasteiger partial charge in [0.2, 0.25) is 11.8 Å². The van der Waals surface area contributed by atoms with Crippen molar-refractivity contribution in [1.82, 2.24) is 5.48 Å². The summed E-state index contributed by atoms with van der Waals surface area (Å²) in [5.41, 5.74) is 3.12. The molecule has 1 aromatic rings. The molecule has 3 N–H and O–H groups in total. The Kier molecular flexibility index (Phi) is 13.0. The van der Waals surface area contributed by atoms with Crippen LogP contribution in [0.2, 0.25) is 0 Å². The maximum absolute atomic E-state index is 12.0. The number of nitrogens with one attached hydrogen (secondary N) is 2. The fourth-order valence-corrected chi connectivity index (χ4v) is 3.10. The summed E-state index contributed by atoms with van der Waals surface area (Å²) in [4.78, 5) is 23.1. The Hall–Kier alpha value is -1.88. The number of anilines is 1. The molecule has 2 amide bonds. The third-order valence-electron chi connectivity index (χ3n) is 4.73. The predicted molar refractivity (Wildman–Crippen MR) is 110 cm³/mol. The van der Waals surface area contributed by atoms with Gasteiger partial charge in [-0.1, -0.05) is 83.3 Å². The first kappa shape index (κ1) is 23.2. The van der Waals surface area contributed by atoms with Gasteiger partial charge in [-0.2, -0.15) is 0 Å². The Bertz CT molecular complexity index is 529. The molecule has 0 aliphatic carbocycles. The predicted octanol–water partition coefficient (Wildman–Crippen LogP) is 5.37. The van der Waals surface area contributed by atoms with Crippen molar-refractivity contribution in [3.05, 3.63) is 29.8 Å². The Morgan fingerprint density at radius 2 is 1.30 bits per heavy atom. The first-order valence-corrected chi connectivity index (χ1v) is 10.5. The van der Waals surface area contributed by atoms with Crippen LogP contribution in [0, 0.1) is 0 Å². The average Bonchev–Trinajstić information content (AvgIpc) is 2.67. The van der Waals surface area contributed by atoms with E-state index >= 15 is 0 Å². The number of hydrogen-bond donors (Lipinski definition) is 3. The van der Waals surface area contributed by atoms with Crippen LogP contribution in [0.4, 0.5) is 5.69 Å². The molecule has 0 saturated carbocycles. The van der Waals surface area contributed by atoms with E-state index in [1.807, 2.05) is 0 Å². The first-order chi connectivity index (χ1) is 13.2. The summed E-state index contributed by atoms with van der Waals surface area (Å²) in [6.45, 7) is 2.25. The van der Waals surface area contributed by atoms with Crippen molar-refractivity contribution in [3.8, 4) is 0 Å². The summed E-state index contributed by atoms with van der Waals surface area (Å²) in [6.07, 6.45) is 14.7. The van der Waals surface area contributed by atoms with Crippen LogP contribution in [0.25, 0.3) is 0 Å². The molecular weight excluding hydrogens is 340 g/mol. The highest BCUT2D eigenvalue weighted by Gasteiger charge is 2.04. The molecule has 0 saturated heterocycles. The molecule has 0 aliphatic rings. The zero-order chi connectivity index (χ0) is 19.7. The Balaban J connectivity index is 2.03. The lowest BCUT2D eigenvalue weighted by atomic mass is 10.1. The highest BCUT2D eigenvalue weighted by atomic mass is 16.5. The van der Waals surface area contributed by atoms with Crippen molar-refractivity contribution in [3.63, 3.8) is 0 Å². The van der Waals surface area contributed by atoms with Gasteiger partial charge in [-0.25, -0.2) is 5.48 Å². The minimum absolute atomic E-state index is 0.0341. The molecule has 1 rings (SSSR count). The van der Waals surface area contributed by atoms with Crippen LogP contribution in [0.3, 0.4) is 0 Å². The van der Waals surface area contributed by atoms with Gasteiger partial charge in [0.1, 0.15) is 0 Å². The Labute approximate surface area is 163 Å². The summed E-state index contributed by atoms with van der Waals surface area (Å²) in [5.74, 6) is -0.421. The fraction of sp³-hybridized carbons (Fsp3) is 0.636. The molecule has 0 aromatic heterocycles. The molecule has 5 nitrogen and oxygen atoms in total. The fourth-order valence-electron chi connectivity index (χ4n) is 3.10. The summed E-state index contributed by atoms with van der Waals surface area (Å²) in [6, 6.07) is 7.09. The molecule has 0 heterocycles. The van der Waals surface area contributed by atoms with Crippen LogP contribution in [-0.2, 0) is 16.0 Å². The topological polar surface area (TPSA) is 78.4 Å². The van der Waals surface area contributed by atoms with Crippen LogP contribution in [0.15, 0.2) is 24.3 Å². The number of benzene rings is 1. The van der Waals surface area contributed by atoms with Crippen molar-refractivity contribution in [2.75, 3.05) is 5.32 Å². The molecule has 152 valence electrons. The lowest BCUT2D eigenvalue weighted by Gasteiger charge is -2.07. The van der Waals surface area contributed by atoms with Gasteiger partial charge < -0.3 is 5.32 Å². The third-order valence-corrected chi connectivity index (χ3v) is 4.73. The van der Waals surface area contributed by atoms with Gasteiger partial charge in [-0.05, 0) is 24.1 Å². The molecule has 0 atom stereocenters. The van der Waals surface area contributed by atoms with Gasteiger partial charge >= 0.3 is 0 Å². The van der Waals surface area contributed by atoms with Gasteiger partial charge in [-0.15, -0.1) is 0 Å². The molecule has 1 aromatic carbocycles. The number of carbonyl (C=O) groups excluding carboxylic acids is 2. The quantitative estimate of drug-likeness (QED) is 0.219. The number of hydroxylamine groups is 1. The standard InChI is InChI=1S/C22H36N2O3/c1-2-3-4-5-6-7-8-9-10-11-12-13-21(25)23-20-16-14-19(15-17-20)18-22(26)24-27/h14-17,27H,2-13,18H2,1H3,(H,23,25)(H,24,26). The SMILES string of the molecule is CCCCCCCCCCCCCC(=O)Nc1ccc(CC(=O)NO)cc1. The molecule has 0 radical (unpaired) electrons. The van der Waals surface area contributed by atoms with E-state index in [0.29, 0.717) is 6.42 Å². The van der Waals surface area contributed by atoms with Crippen LogP contribution < -0.4 is 10.8 Å². The Morgan fingerprint density at radius 3 is 1.81 bits per heavy atom. The van der Waals surface area contributed by atoms with Crippen molar-refractivity contribution in [2.24, 2.45) is 0 Å². The highest BCUT2D eigenvalue weighted by molar-refractivity contribution is 5.90. The monoisotopic (exact) mass is 376 g/mol. The van der Waals surface area contributed by atoms with Crippen molar-refractivity contribution >= 4 is 17.5 Å². The number of carbonyl (C=O) groups is 2. The number of rotatable bonds is 15. The normalized spacial score (nSPS) is 10.6. The number of unbranched alkanes of at least 4 members (excludes halogenated alkanes) is 10. The van der Waals surface area contributed by atoms with E-state index in [1.165, 1.54) is 57.8 Å². The van der Waals surface area contributed by atoms with E-state index in [2.05, 4.69) is 12.2 Å². The maximum Gasteiger partial charge on any atom is 0.247 e. The Morgan fingerprint density at radius 1 is 0.778 bits per heavy atom. The average molecular weight is 377 g/mol. The van der Waals surface area contributed by atoms with E-state index in [9.17, 15) is 9.59 Å². The molecular formula is C22H36N2O3. The van der Waals surface area contributed by atoms with Gasteiger partial charge in [-0.3, -0.25) is 14.8 Å². The van der Waals surface area contributed by atoms with Crippen LogP contribution >= 0.6 is 0 Å². The van der Waals surface area contributed by atoms with Gasteiger partial charge in [0.05, 0.1) is 6.42 Å². The molecule has 0 fully saturated rings. The molecule has 0 bridgehead atoms. The smallest absolute Gasteiger partial charge is 0.247 e. The lowest BCUT2D eigenvalue weighted by molar-refractivity contribution is -0.128. The van der Waals surface area contributed by atoms with E-state index in [-0.39, 0.29) is 12.3 Å². The largest absolute Gasteiger partial charge is 0.326 e. The lowest BCUT2D eigenvalue weighted by Crippen LogP contribution is -2.20. The zero-order valence-corrected chi connectivity index (χ0v) is 16.8. The maximum atomic E-state index is 12.0. The van der Waals surface area contributed by atoms with E-state index in [1.54, 1.807) is 29.7 Å². The second kappa shape index (κ2) is 15.2. The summed E-state index contributed by atoms with van der Waals surface area (Å²) >= 11 is 0. The van der Waals surface area contributed by atoms with Gasteiger partial charge in [0.15, 0.2) is 0 Å². The summed E-state index contributed by atoms with van der Waals surface area (Å²) < 4.78 is 0. The van der Waals surface area contributed by atoms with Crippen LogP contribution in [-0.4, -0.2) is 17.0 Å². The highest BCUT2D eigenvalue weighted by Crippen LogP contribution is 2.13. The second-order valence-electron chi connectivity index (χ2n) is 7.24. The van der Waals surface area contributed by atoms with Gasteiger partial charge in [0.25, 0.3) is 0 Å². The minimum atomic E-state index is -0.455. The van der Waals surface area contributed by atoms with E-state index in [4.69, 9.17) is 5.21 Å². The molecule has 0 spiro atoms. The first-order valence-electron chi connectivity index (χ1n) is 10.5. The van der Waals surface area contributed by atoms with Crippen LogP contribution in [0.5, 0.6) is 0 Å². The van der Waals surface area contributed by atoms with Crippen molar-refractivity contribution in [2.45, 2.75) is 90.4 Å². The molecule has 0 aliphatic heterocycles.